The SMILES string of the molecule is O=C(C[C@H](C(=O)N1CCC[C@@H]1c1ncc(-c2ccc(-c3ccc(-c4cnc([C@H]5CCCN5C(=O)[C@H](NC(=O)C5CC5)c5ccccc5)s4)cc3)cc2)s1)c1ccccc1)C1CC1. The fourth-order valence-corrected chi connectivity index (χ4v) is 11.2. The molecule has 10 rings (SSSR count). The Bertz CT molecular complexity index is 2390. The van der Waals surface area contributed by atoms with Crippen LogP contribution < -0.4 is 5.32 Å². The van der Waals surface area contributed by atoms with Crippen LogP contribution in [0.3, 0.4) is 0 Å². The van der Waals surface area contributed by atoms with E-state index in [2.05, 4.69) is 53.8 Å². The summed E-state index contributed by atoms with van der Waals surface area (Å²) in [6, 6.07) is 35.5. The number of aromatic nitrogens is 2. The summed E-state index contributed by atoms with van der Waals surface area (Å²) in [5.74, 6) is -0.198. The fourth-order valence-electron chi connectivity index (χ4n) is 9.09. The second-order valence-corrected chi connectivity index (χ2v) is 19.3. The molecule has 9 nitrogen and oxygen atoms in total. The highest BCUT2D eigenvalue weighted by molar-refractivity contribution is 7.15. The van der Waals surface area contributed by atoms with Crippen molar-refractivity contribution in [1.82, 2.24) is 25.1 Å². The standard InChI is InChI=1S/C51H49N5O4S2/c57-43(35-19-20-35)29-40(34-9-3-1-4-10-34)50(59)55-27-7-13-41(55)48-52-30-44(61-48)36-21-15-32(16-22-36)33-17-23-37(24-18-33)45-31-53-49(62-45)42-14-8-28-56(42)51(60)46(38-11-5-2-6-12-38)54-47(58)39-25-26-39/h1-6,9-12,15-18,21-24,30-31,35,39-42,46H,7-8,13-14,19-20,25-29H2,(H,54,58)/t40-,41+,42+,46+/m0/s1. The molecule has 0 radical (unpaired) electrons. The number of nitrogens with one attached hydrogen (secondary N) is 1. The molecule has 2 saturated carbocycles. The first kappa shape index (κ1) is 40.3. The van der Waals surface area contributed by atoms with E-state index >= 15 is 0 Å². The van der Waals surface area contributed by atoms with Crippen LogP contribution in [0.1, 0.15) is 103 Å². The normalized spacial score (nSPS) is 19.6. The van der Waals surface area contributed by atoms with Crippen LogP contribution in [0.4, 0.5) is 0 Å². The monoisotopic (exact) mass is 859 g/mol. The van der Waals surface area contributed by atoms with Gasteiger partial charge in [-0.15, -0.1) is 22.7 Å². The molecule has 4 fully saturated rings. The van der Waals surface area contributed by atoms with Gasteiger partial charge >= 0.3 is 0 Å². The van der Waals surface area contributed by atoms with Gasteiger partial charge in [-0.2, -0.15) is 0 Å². The summed E-state index contributed by atoms with van der Waals surface area (Å²) in [7, 11) is 0. The van der Waals surface area contributed by atoms with Crippen LogP contribution >= 0.6 is 22.7 Å². The Morgan fingerprint density at radius 3 is 1.53 bits per heavy atom. The number of likely N-dealkylation sites (tertiary alicyclic amines) is 2. The van der Waals surface area contributed by atoms with Gasteiger partial charge in [0.05, 0.1) is 27.8 Å². The lowest BCUT2D eigenvalue weighted by atomic mass is 9.91. The summed E-state index contributed by atoms with van der Waals surface area (Å²) in [4.78, 5) is 69.8. The minimum Gasteiger partial charge on any atom is -0.340 e. The number of ketones is 1. The Labute approximate surface area is 370 Å². The number of amides is 3. The third-order valence-corrected chi connectivity index (χ3v) is 15.2. The molecule has 4 aliphatic rings. The molecule has 2 aliphatic heterocycles. The van der Waals surface area contributed by atoms with Crippen LogP contribution in [0, 0.1) is 11.8 Å². The number of carbonyl (C=O) groups excluding carboxylic acids is 4. The van der Waals surface area contributed by atoms with E-state index in [-0.39, 0.29) is 53.8 Å². The van der Waals surface area contributed by atoms with Gasteiger partial charge in [0.15, 0.2) is 0 Å². The second-order valence-electron chi connectivity index (χ2n) is 17.2. The lowest BCUT2D eigenvalue weighted by Crippen LogP contribution is -2.43. The number of nitrogens with zero attached hydrogens (tertiary/aromatic N) is 4. The van der Waals surface area contributed by atoms with Crippen LogP contribution in [0.5, 0.6) is 0 Å². The van der Waals surface area contributed by atoms with Crippen molar-refractivity contribution >= 4 is 46.2 Å². The first-order chi connectivity index (χ1) is 30.4. The van der Waals surface area contributed by atoms with Gasteiger partial charge < -0.3 is 15.1 Å². The van der Waals surface area contributed by atoms with Gasteiger partial charge in [-0.3, -0.25) is 19.2 Å². The van der Waals surface area contributed by atoms with E-state index < -0.39 is 12.0 Å². The van der Waals surface area contributed by atoms with Crippen molar-refractivity contribution in [3.8, 4) is 32.0 Å². The Kier molecular flexibility index (Phi) is 11.4. The molecule has 0 unspecified atom stereocenters. The number of thiazole rings is 2. The van der Waals surface area contributed by atoms with Gasteiger partial charge in [0.25, 0.3) is 0 Å². The molecule has 1 N–H and O–H groups in total. The Morgan fingerprint density at radius 1 is 0.565 bits per heavy atom. The summed E-state index contributed by atoms with van der Waals surface area (Å²) in [6.07, 6.45) is 11.3. The molecule has 4 atom stereocenters. The summed E-state index contributed by atoms with van der Waals surface area (Å²) in [5.41, 5.74) is 6.09. The molecule has 6 aromatic rings. The highest BCUT2D eigenvalue weighted by Gasteiger charge is 2.41. The van der Waals surface area contributed by atoms with Crippen molar-refractivity contribution in [2.45, 2.75) is 81.8 Å². The molecule has 4 heterocycles. The smallest absolute Gasteiger partial charge is 0.250 e. The molecule has 2 saturated heterocycles. The Balaban J connectivity index is 0.797. The predicted octanol–water partition coefficient (Wildman–Crippen LogP) is 10.3. The minimum atomic E-state index is -0.709. The molecule has 314 valence electrons. The van der Waals surface area contributed by atoms with Crippen LogP contribution in [0.25, 0.3) is 32.0 Å². The zero-order chi connectivity index (χ0) is 42.2. The van der Waals surface area contributed by atoms with Gasteiger partial charge in [-0.25, -0.2) is 9.97 Å². The van der Waals surface area contributed by atoms with Crippen molar-refractivity contribution in [2.75, 3.05) is 13.1 Å². The van der Waals surface area contributed by atoms with Gasteiger partial charge in [0.1, 0.15) is 21.8 Å². The van der Waals surface area contributed by atoms with Gasteiger partial charge in [0, 0.05) is 43.7 Å². The van der Waals surface area contributed by atoms with Crippen molar-refractivity contribution in [3.63, 3.8) is 0 Å². The van der Waals surface area contributed by atoms with E-state index in [1.807, 2.05) is 82.9 Å². The van der Waals surface area contributed by atoms with Crippen molar-refractivity contribution < 1.29 is 19.2 Å². The van der Waals surface area contributed by atoms with Crippen LogP contribution in [-0.2, 0) is 19.2 Å². The summed E-state index contributed by atoms with van der Waals surface area (Å²) in [6.45, 7) is 1.31. The van der Waals surface area contributed by atoms with E-state index in [9.17, 15) is 19.2 Å². The molecule has 4 aromatic carbocycles. The van der Waals surface area contributed by atoms with Crippen molar-refractivity contribution in [1.29, 1.82) is 0 Å². The largest absolute Gasteiger partial charge is 0.340 e. The highest BCUT2D eigenvalue weighted by Crippen LogP contribution is 2.42. The molecule has 3 amide bonds. The highest BCUT2D eigenvalue weighted by atomic mass is 32.1. The number of carbonyl (C=O) groups is 4. The molecule has 0 bridgehead atoms. The molecule has 2 aliphatic carbocycles. The quantitative estimate of drug-likeness (QED) is 0.117. The number of hydrogen-bond donors (Lipinski definition) is 1. The van der Waals surface area contributed by atoms with Gasteiger partial charge in [-0.05, 0) is 84.7 Å². The topological polar surface area (TPSA) is 113 Å². The molecular weight excluding hydrogens is 811 g/mol. The number of rotatable bonds is 14. The summed E-state index contributed by atoms with van der Waals surface area (Å²) >= 11 is 3.27. The van der Waals surface area contributed by atoms with Crippen LogP contribution in [0.15, 0.2) is 122 Å². The maximum absolute atomic E-state index is 14.2. The molecular formula is C51H49N5O4S2. The van der Waals surface area contributed by atoms with Crippen molar-refractivity contribution in [3.05, 3.63) is 143 Å². The first-order valence-corrected chi connectivity index (χ1v) is 23.7. The maximum Gasteiger partial charge on any atom is 0.250 e. The van der Waals surface area contributed by atoms with Gasteiger partial charge in [0.2, 0.25) is 17.7 Å². The summed E-state index contributed by atoms with van der Waals surface area (Å²) < 4.78 is 0. The van der Waals surface area contributed by atoms with E-state index in [1.54, 1.807) is 22.7 Å². The lowest BCUT2D eigenvalue weighted by Gasteiger charge is -2.28. The Hall–Kier alpha value is -5.78. The fraction of sp³-hybridized carbons (Fsp3) is 0.333. The van der Waals surface area contributed by atoms with Crippen LogP contribution in [0.2, 0.25) is 0 Å². The third kappa shape index (κ3) is 8.52. The summed E-state index contributed by atoms with van der Waals surface area (Å²) in [5, 5.41) is 4.93. The van der Waals surface area contributed by atoms with E-state index in [4.69, 9.17) is 9.97 Å². The van der Waals surface area contributed by atoms with Crippen LogP contribution in [-0.4, -0.2) is 56.4 Å². The molecule has 11 heteroatoms. The maximum atomic E-state index is 14.2. The lowest BCUT2D eigenvalue weighted by molar-refractivity contribution is -0.137. The number of benzene rings is 4. The van der Waals surface area contributed by atoms with Gasteiger partial charge in [-0.1, -0.05) is 109 Å². The zero-order valence-electron chi connectivity index (χ0n) is 34.5. The van der Waals surface area contributed by atoms with E-state index in [0.29, 0.717) is 13.1 Å². The Morgan fingerprint density at radius 2 is 1.03 bits per heavy atom. The predicted molar refractivity (Wildman–Crippen MR) is 243 cm³/mol. The van der Waals surface area contributed by atoms with E-state index in [1.165, 1.54) is 0 Å². The zero-order valence-corrected chi connectivity index (χ0v) is 36.2. The number of Topliss-reactive ketones (excluding diaryl/α,β-unsaturated/α-hetero) is 1. The first-order valence-electron chi connectivity index (χ1n) is 22.0. The molecule has 2 aromatic heterocycles. The average Bonchev–Trinajstić information content (AvgIpc) is 4.07. The molecule has 0 spiro atoms. The number of hydrogen-bond acceptors (Lipinski definition) is 8. The second kappa shape index (κ2) is 17.5. The minimum absolute atomic E-state index is 0.0123. The van der Waals surface area contributed by atoms with E-state index in [0.717, 1.165) is 105 Å². The average molecular weight is 860 g/mol. The van der Waals surface area contributed by atoms with Crippen molar-refractivity contribution in [2.24, 2.45) is 11.8 Å². The molecule has 62 heavy (non-hydrogen) atoms. The third-order valence-electron chi connectivity index (χ3n) is 12.9.